The van der Waals surface area contributed by atoms with Gasteiger partial charge in [-0.3, -0.25) is 14.4 Å². The number of aliphatic hydroxyl groups is 1. The van der Waals surface area contributed by atoms with Gasteiger partial charge in [0.1, 0.15) is 12.3 Å². The highest BCUT2D eigenvalue weighted by Gasteiger charge is 2.46. The molecule has 132 valence electrons. The number of nitrogens with two attached hydrogens (primary N) is 1. The number of rotatable bonds is 4. The van der Waals surface area contributed by atoms with Gasteiger partial charge >= 0.3 is 0 Å². The molecule has 0 aromatic heterocycles. The lowest BCUT2D eigenvalue weighted by Crippen LogP contribution is -2.37. The zero-order valence-corrected chi connectivity index (χ0v) is 14.3. The Labute approximate surface area is 154 Å². The van der Waals surface area contributed by atoms with Gasteiger partial charge in [-0.05, 0) is 29.8 Å². The van der Waals surface area contributed by atoms with Crippen LogP contribution in [0.3, 0.4) is 0 Å². The van der Waals surface area contributed by atoms with Crippen molar-refractivity contribution in [1.29, 1.82) is 0 Å². The zero-order valence-electron chi connectivity index (χ0n) is 13.6. The van der Waals surface area contributed by atoms with E-state index in [0.29, 0.717) is 16.1 Å². The summed E-state index contributed by atoms with van der Waals surface area (Å²) in [7, 11) is 0. The van der Waals surface area contributed by atoms with E-state index >= 15 is 0 Å². The quantitative estimate of drug-likeness (QED) is 0.489. The van der Waals surface area contributed by atoms with Gasteiger partial charge in [-0.15, -0.1) is 0 Å². The highest BCUT2D eigenvalue weighted by atomic mass is 35.5. The molecule has 1 fully saturated rings. The number of Topliss-reactive ketones (excluding diaryl/α,β-unsaturated/α-hetero) is 1. The second-order valence-electron chi connectivity index (χ2n) is 5.81. The van der Waals surface area contributed by atoms with E-state index in [1.807, 2.05) is 0 Å². The Kier molecular flexibility index (Phi) is 4.77. The van der Waals surface area contributed by atoms with Gasteiger partial charge in [0, 0.05) is 10.6 Å². The first-order chi connectivity index (χ1) is 12.4. The first-order valence-electron chi connectivity index (χ1n) is 7.77. The number of nitrogens with zero attached hydrogens (tertiary/aromatic N) is 1. The summed E-state index contributed by atoms with van der Waals surface area (Å²) >= 11 is 5.85. The Bertz CT molecular complexity index is 907. The first kappa shape index (κ1) is 17.7. The Balaban J connectivity index is 2.18. The lowest BCUT2D eigenvalue weighted by Gasteiger charge is -2.24. The summed E-state index contributed by atoms with van der Waals surface area (Å²) in [6, 6.07) is 14.0. The second kappa shape index (κ2) is 7.01. The molecule has 0 aliphatic carbocycles. The molecular formula is C19H15ClN2O4. The van der Waals surface area contributed by atoms with Gasteiger partial charge in [0.05, 0.1) is 11.6 Å². The van der Waals surface area contributed by atoms with Crippen LogP contribution in [0, 0.1) is 0 Å². The van der Waals surface area contributed by atoms with Crippen molar-refractivity contribution in [3.8, 4) is 0 Å². The van der Waals surface area contributed by atoms with Gasteiger partial charge in [0.15, 0.2) is 0 Å². The number of primary amides is 1. The minimum atomic E-state index is -0.903. The molecule has 1 aliphatic rings. The van der Waals surface area contributed by atoms with Crippen LogP contribution in [-0.4, -0.2) is 34.1 Å². The molecule has 2 aromatic carbocycles. The molecule has 1 saturated heterocycles. The number of carbonyl (C=O) groups is 3. The third-order valence-electron chi connectivity index (χ3n) is 4.10. The zero-order chi connectivity index (χ0) is 18.8. The van der Waals surface area contributed by atoms with Crippen LogP contribution in [0.15, 0.2) is 60.2 Å². The molecule has 0 bridgehead atoms. The predicted octanol–water partition coefficient (Wildman–Crippen LogP) is 2.25. The first-order valence-corrected chi connectivity index (χ1v) is 8.15. The number of carbonyl (C=O) groups excluding carboxylic acids is 3. The second-order valence-corrected chi connectivity index (χ2v) is 6.25. The smallest absolute Gasteiger partial charge is 0.296 e. The molecule has 6 nitrogen and oxygen atoms in total. The number of amides is 2. The molecule has 1 atom stereocenters. The summed E-state index contributed by atoms with van der Waals surface area (Å²) in [5.74, 6) is -2.83. The van der Waals surface area contributed by atoms with Gasteiger partial charge < -0.3 is 15.7 Å². The molecule has 0 radical (unpaired) electrons. The molecule has 0 spiro atoms. The van der Waals surface area contributed by atoms with Crippen molar-refractivity contribution < 1.29 is 19.5 Å². The normalized spacial score (nSPS) is 19.0. The molecule has 26 heavy (non-hydrogen) atoms. The van der Waals surface area contributed by atoms with E-state index in [9.17, 15) is 19.5 Å². The van der Waals surface area contributed by atoms with Crippen molar-refractivity contribution in [2.45, 2.75) is 6.04 Å². The maximum absolute atomic E-state index is 12.6. The Hall–Kier alpha value is -3.12. The van der Waals surface area contributed by atoms with Crippen LogP contribution < -0.4 is 5.73 Å². The van der Waals surface area contributed by atoms with Crippen molar-refractivity contribution >= 4 is 35.0 Å². The molecular weight excluding hydrogens is 356 g/mol. The Morgan fingerprint density at radius 1 is 1.08 bits per heavy atom. The van der Waals surface area contributed by atoms with E-state index in [1.165, 1.54) is 0 Å². The van der Waals surface area contributed by atoms with Crippen LogP contribution in [-0.2, 0) is 14.4 Å². The average molecular weight is 371 g/mol. The van der Waals surface area contributed by atoms with Gasteiger partial charge in [0.2, 0.25) is 5.91 Å². The lowest BCUT2D eigenvalue weighted by molar-refractivity contribution is -0.141. The number of hydrogen-bond acceptors (Lipinski definition) is 4. The topological polar surface area (TPSA) is 101 Å². The summed E-state index contributed by atoms with van der Waals surface area (Å²) in [5.41, 5.74) is 6.07. The molecule has 0 unspecified atom stereocenters. The Morgan fingerprint density at radius 3 is 2.27 bits per heavy atom. The van der Waals surface area contributed by atoms with Crippen LogP contribution in [0.2, 0.25) is 5.02 Å². The number of halogens is 1. The fraction of sp³-hybridized carbons (Fsp3) is 0.105. The maximum Gasteiger partial charge on any atom is 0.296 e. The van der Waals surface area contributed by atoms with E-state index in [4.69, 9.17) is 17.3 Å². The largest absolute Gasteiger partial charge is 0.507 e. The van der Waals surface area contributed by atoms with Crippen LogP contribution in [0.25, 0.3) is 5.76 Å². The molecule has 3 rings (SSSR count). The summed E-state index contributed by atoms with van der Waals surface area (Å²) in [6.45, 7) is -0.429. The SMILES string of the molecule is NC(=O)CN1C(=O)C(=O)C(=C(O)c2ccc(Cl)cc2)[C@@H]1c1ccccc1. The van der Waals surface area contributed by atoms with E-state index in [-0.39, 0.29) is 11.3 Å². The van der Waals surface area contributed by atoms with Gasteiger partial charge in [0.25, 0.3) is 11.7 Å². The molecule has 2 aromatic rings. The fourth-order valence-electron chi connectivity index (χ4n) is 2.96. The standard InChI is InChI=1S/C19H15ClN2O4/c20-13-8-6-12(7-9-13)17(24)15-16(11-4-2-1-3-5-11)22(10-14(21)23)19(26)18(15)25/h1-9,16,24H,10H2,(H2,21,23)/t16-/m0/s1. The van der Waals surface area contributed by atoms with Crippen LogP contribution in [0.4, 0.5) is 0 Å². The van der Waals surface area contributed by atoms with Crippen molar-refractivity contribution in [3.63, 3.8) is 0 Å². The molecule has 1 heterocycles. The van der Waals surface area contributed by atoms with Gasteiger partial charge in [-0.25, -0.2) is 0 Å². The third-order valence-corrected chi connectivity index (χ3v) is 4.35. The van der Waals surface area contributed by atoms with E-state index in [0.717, 1.165) is 4.90 Å². The average Bonchev–Trinajstić information content (AvgIpc) is 2.87. The number of aliphatic hydroxyl groups excluding tert-OH is 1. The molecule has 0 saturated carbocycles. The van der Waals surface area contributed by atoms with Crippen molar-refractivity contribution in [2.75, 3.05) is 6.54 Å². The maximum atomic E-state index is 12.6. The van der Waals surface area contributed by atoms with Crippen LogP contribution in [0.1, 0.15) is 17.2 Å². The molecule has 2 amide bonds. The molecule has 1 aliphatic heterocycles. The monoisotopic (exact) mass is 370 g/mol. The number of hydrogen-bond donors (Lipinski definition) is 2. The summed E-state index contributed by atoms with van der Waals surface area (Å²) in [4.78, 5) is 37.5. The van der Waals surface area contributed by atoms with Crippen LogP contribution >= 0.6 is 11.6 Å². The minimum Gasteiger partial charge on any atom is -0.507 e. The highest BCUT2D eigenvalue weighted by Crippen LogP contribution is 2.39. The highest BCUT2D eigenvalue weighted by molar-refractivity contribution is 6.47. The molecule has 3 N–H and O–H groups in total. The van der Waals surface area contributed by atoms with E-state index in [2.05, 4.69) is 0 Å². The van der Waals surface area contributed by atoms with Crippen molar-refractivity contribution in [3.05, 3.63) is 76.3 Å². The summed E-state index contributed by atoms with van der Waals surface area (Å²) < 4.78 is 0. The van der Waals surface area contributed by atoms with Gasteiger partial charge in [-0.1, -0.05) is 41.9 Å². The minimum absolute atomic E-state index is 0.0928. The fourth-order valence-corrected chi connectivity index (χ4v) is 3.08. The summed E-state index contributed by atoms with van der Waals surface area (Å²) in [6.07, 6.45) is 0. The summed E-state index contributed by atoms with van der Waals surface area (Å²) in [5, 5.41) is 11.2. The number of benzene rings is 2. The molecule has 7 heteroatoms. The van der Waals surface area contributed by atoms with Gasteiger partial charge in [-0.2, -0.15) is 0 Å². The number of ketones is 1. The van der Waals surface area contributed by atoms with Crippen molar-refractivity contribution in [1.82, 2.24) is 4.90 Å². The Morgan fingerprint density at radius 2 is 1.69 bits per heavy atom. The van der Waals surface area contributed by atoms with Crippen LogP contribution in [0.5, 0.6) is 0 Å². The van der Waals surface area contributed by atoms with Crippen molar-refractivity contribution in [2.24, 2.45) is 5.73 Å². The lowest BCUT2D eigenvalue weighted by atomic mass is 9.95. The van der Waals surface area contributed by atoms with E-state index < -0.39 is 30.2 Å². The third kappa shape index (κ3) is 3.19. The predicted molar refractivity (Wildman–Crippen MR) is 96.1 cm³/mol. The number of likely N-dealkylation sites (tertiary alicyclic amines) is 1. The van der Waals surface area contributed by atoms with E-state index in [1.54, 1.807) is 54.6 Å².